The number of nitrogens with two attached hydrogens (primary N) is 1. The van der Waals surface area contributed by atoms with Crippen molar-refractivity contribution in [2.24, 2.45) is 11.7 Å². The molecule has 0 aromatic carbocycles. The van der Waals surface area contributed by atoms with Crippen molar-refractivity contribution in [2.75, 3.05) is 20.2 Å². The molecule has 1 saturated heterocycles. The lowest BCUT2D eigenvalue weighted by molar-refractivity contribution is -0.132. The Hall–Kier alpha value is -0.320. The number of carbonyl (C=O) groups is 1. The summed E-state index contributed by atoms with van der Waals surface area (Å²) in [5.74, 6) is 0.253. The molecule has 1 rings (SSSR count). The predicted molar refractivity (Wildman–Crippen MR) is 62.1 cm³/mol. The van der Waals surface area contributed by atoms with Crippen LogP contribution in [0, 0.1) is 5.92 Å². The predicted octanol–water partition coefficient (Wildman–Crippen LogP) is 0.639. The highest BCUT2D eigenvalue weighted by Gasteiger charge is 2.30. The lowest BCUT2D eigenvalue weighted by atomic mass is 10.0. The molecule has 0 aromatic rings. The van der Waals surface area contributed by atoms with Gasteiger partial charge in [-0.05, 0) is 12.3 Å². The van der Waals surface area contributed by atoms with E-state index in [-0.39, 0.29) is 36.4 Å². The third-order valence-electron chi connectivity index (χ3n) is 2.79. The van der Waals surface area contributed by atoms with Gasteiger partial charge in [-0.2, -0.15) is 0 Å². The number of carbonyl (C=O) groups excluding carboxylic acids is 1. The highest BCUT2D eigenvalue weighted by atomic mass is 35.5. The Kier molecular flexibility index (Phi) is 6.17. The van der Waals surface area contributed by atoms with E-state index in [4.69, 9.17) is 10.5 Å². The van der Waals surface area contributed by atoms with Crippen LogP contribution in [0.4, 0.5) is 0 Å². The second-order valence-electron chi connectivity index (χ2n) is 4.20. The van der Waals surface area contributed by atoms with Crippen molar-refractivity contribution in [3.63, 3.8) is 0 Å². The summed E-state index contributed by atoms with van der Waals surface area (Å²) in [5.41, 5.74) is 5.79. The standard InChI is InChI=1S/C10H20N2O2.ClH/c1-7(2)9(11)10(13)12-5-4-8(6-12)14-3;/h7-9H,4-6,11H2,1-3H3;1H/t8-,9?;/m1./s1. The van der Waals surface area contributed by atoms with Crippen LogP contribution in [0.15, 0.2) is 0 Å². The van der Waals surface area contributed by atoms with Gasteiger partial charge in [-0.15, -0.1) is 12.4 Å². The van der Waals surface area contributed by atoms with Gasteiger partial charge in [0, 0.05) is 20.2 Å². The van der Waals surface area contributed by atoms with Crippen molar-refractivity contribution in [1.29, 1.82) is 0 Å². The van der Waals surface area contributed by atoms with Crippen LogP contribution in [0.1, 0.15) is 20.3 Å². The average Bonchev–Trinajstić information content (AvgIpc) is 2.63. The van der Waals surface area contributed by atoms with E-state index in [1.165, 1.54) is 0 Å². The van der Waals surface area contributed by atoms with E-state index in [9.17, 15) is 4.79 Å². The Bertz CT molecular complexity index is 212. The Morgan fingerprint density at radius 2 is 2.13 bits per heavy atom. The Balaban J connectivity index is 0.00000196. The molecule has 1 amide bonds. The summed E-state index contributed by atoms with van der Waals surface area (Å²) >= 11 is 0. The minimum absolute atomic E-state index is 0. The summed E-state index contributed by atoms with van der Waals surface area (Å²) < 4.78 is 5.20. The molecule has 1 aliphatic rings. The number of amides is 1. The van der Waals surface area contributed by atoms with E-state index in [0.29, 0.717) is 6.54 Å². The van der Waals surface area contributed by atoms with Gasteiger partial charge in [0.15, 0.2) is 0 Å². The summed E-state index contributed by atoms with van der Waals surface area (Å²) in [6, 6.07) is -0.370. The first-order valence-corrected chi connectivity index (χ1v) is 5.13. The largest absolute Gasteiger partial charge is 0.380 e. The third-order valence-corrected chi connectivity index (χ3v) is 2.79. The summed E-state index contributed by atoms with van der Waals surface area (Å²) in [7, 11) is 1.68. The maximum absolute atomic E-state index is 11.8. The molecule has 0 radical (unpaired) electrons. The fourth-order valence-electron chi connectivity index (χ4n) is 1.62. The highest BCUT2D eigenvalue weighted by Crippen LogP contribution is 2.14. The molecule has 1 heterocycles. The topological polar surface area (TPSA) is 55.6 Å². The van der Waals surface area contributed by atoms with Crippen LogP contribution in [0.25, 0.3) is 0 Å². The summed E-state index contributed by atoms with van der Waals surface area (Å²) in [6.07, 6.45) is 1.12. The number of ether oxygens (including phenoxy) is 1. The van der Waals surface area contributed by atoms with Crippen molar-refractivity contribution in [3.8, 4) is 0 Å². The van der Waals surface area contributed by atoms with Gasteiger partial charge in [0.1, 0.15) is 0 Å². The van der Waals surface area contributed by atoms with E-state index in [2.05, 4.69) is 0 Å². The molecule has 0 aromatic heterocycles. The Morgan fingerprint density at radius 3 is 2.53 bits per heavy atom. The fourth-order valence-corrected chi connectivity index (χ4v) is 1.62. The number of nitrogens with zero attached hydrogens (tertiary/aromatic N) is 1. The van der Waals surface area contributed by atoms with Crippen molar-refractivity contribution >= 4 is 18.3 Å². The molecular weight excluding hydrogens is 216 g/mol. The van der Waals surface area contributed by atoms with Crippen LogP contribution in [-0.4, -0.2) is 43.2 Å². The molecule has 90 valence electrons. The number of likely N-dealkylation sites (tertiary alicyclic amines) is 1. The van der Waals surface area contributed by atoms with E-state index < -0.39 is 0 Å². The molecule has 1 unspecified atom stereocenters. The fraction of sp³-hybridized carbons (Fsp3) is 0.900. The van der Waals surface area contributed by atoms with Gasteiger partial charge in [0.2, 0.25) is 5.91 Å². The lowest BCUT2D eigenvalue weighted by Crippen LogP contribution is -2.45. The van der Waals surface area contributed by atoms with E-state index in [1.807, 2.05) is 13.8 Å². The SMILES string of the molecule is CO[C@@H]1CCN(C(=O)C(N)C(C)C)C1.Cl. The van der Waals surface area contributed by atoms with Crippen molar-refractivity contribution in [3.05, 3.63) is 0 Å². The monoisotopic (exact) mass is 236 g/mol. The van der Waals surface area contributed by atoms with Gasteiger partial charge < -0.3 is 15.4 Å². The molecule has 0 spiro atoms. The van der Waals surface area contributed by atoms with Crippen LogP contribution >= 0.6 is 12.4 Å². The van der Waals surface area contributed by atoms with Crippen LogP contribution < -0.4 is 5.73 Å². The lowest BCUT2D eigenvalue weighted by Gasteiger charge is -2.22. The third kappa shape index (κ3) is 3.63. The molecule has 2 atom stereocenters. The normalized spacial score (nSPS) is 22.7. The summed E-state index contributed by atoms with van der Waals surface area (Å²) in [5, 5.41) is 0. The van der Waals surface area contributed by atoms with Crippen LogP contribution in [0.5, 0.6) is 0 Å². The maximum Gasteiger partial charge on any atom is 0.239 e. The summed E-state index contributed by atoms with van der Waals surface area (Å²) in [4.78, 5) is 13.6. The zero-order valence-electron chi connectivity index (χ0n) is 9.60. The van der Waals surface area contributed by atoms with Crippen LogP contribution in [0.2, 0.25) is 0 Å². The minimum Gasteiger partial charge on any atom is -0.380 e. The van der Waals surface area contributed by atoms with E-state index in [0.717, 1.165) is 13.0 Å². The van der Waals surface area contributed by atoms with E-state index >= 15 is 0 Å². The molecule has 4 nitrogen and oxygen atoms in total. The first-order chi connectivity index (χ1) is 6.56. The van der Waals surface area contributed by atoms with E-state index in [1.54, 1.807) is 12.0 Å². The van der Waals surface area contributed by atoms with Gasteiger partial charge in [-0.25, -0.2) is 0 Å². The second kappa shape index (κ2) is 6.30. The molecule has 1 aliphatic heterocycles. The van der Waals surface area contributed by atoms with Gasteiger partial charge in [0.05, 0.1) is 12.1 Å². The molecule has 0 aliphatic carbocycles. The average molecular weight is 237 g/mol. The van der Waals surface area contributed by atoms with Crippen LogP contribution in [-0.2, 0) is 9.53 Å². The molecule has 1 fully saturated rings. The number of hydrogen-bond acceptors (Lipinski definition) is 3. The van der Waals surface area contributed by atoms with Gasteiger partial charge in [0.25, 0.3) is 0 Å². The molecule has 15 heavy (non-hydrogen) atoms. The van der Waals surface area contributed by atoms with Crippen molar-refractivity contribution in [1.82, 2.24) is 4.90 Å². The highest BCUT2D eigenvalue weighted by molar-refractivity contribution is 5.85. The Labute approximate surface area is 97.5 Å². The number of hydrogen-bond donors (Lipinski definition) is 1. The van der Waals surface area contributed by atoms with Gasteiger partial charge in [-0.3, -0.25) is 4.79 Å². The molecule has 2 N–H and O–H groups in total. The first kappa shape index (κ1) is 14.7. The maximum atomic E-state index is 11.8. The van der Waals surface area contributed by atoms with Gasteiger partial charge in [-0.1, -0.05) is 13.8 Å². The zero-order chi connectivity index (χ0) is 10.7. The molecule has 0 bridgehead atoms. The molecule has 5 heteroatoms. The quantitative estimate of drug-likeness (QED) is 0.783. The summed E-state index contributed by atoms with van der Waals surface area (Å²) in [6.45, 7) is 5.40. The molecular formula is C10H21ClN2O2. The zero-order valence-corrected chi connectivity index (χ0v) is 10.4. The second-order valence-corrected chi connectivity index (χ2v) is 4.20. The van der Waals surface area contributed by atoms with Crippen molar-refractivity contribution in [2.45, 2.75) is 32.4 Å². The number of methoxy groups -OCH3 is 1. The van der Waals surface area contributed by atoms with Crippen LogP contribution in [0.3, 0.4) is 0 Å². The number of rotatable bonds is 3. The first-order valence-electron chi connectivity index (χ1n) is 5.13. The number of halogens is 1. The van der Waals surface area contributed by atoms with Gasteiger partial charge >= 0.3 is 0 Å². The Morgan fingerprint density at radius 1 is 1.53 bits per heavy atom. The molecule has 0 saturated carbocycles. The smallest absolute Gasteiger partial charge is 0.239 e. The minimum atomic E-state index is -0.370. The van der Waals surface area contributed by atoms with Crippen molar-refractivity contribution < 1.29 is 9.53 Å².